The van der Waals surface area contributed by atoms with Crippen LogP contribution in [-0.2, 0) is 6.42 Å². The molecule has 5 nitrogen and oxygen atoms in total. The molecule has 1 aromatic heterocycles. The van der Waals surface area contributed by atoms with Crippen LogP contribution >= 0.6 is 0 Å². The lowest BCUT2D eigenvalue weighted by Gasteiger charge is -2.08. The molecule has 104 valence electrons. The summed E-state index contributed by atoms with van der Waals surface area (Å²) >= 11 is 0. The summed E-state index contributed by atoms with van der Waals surface area (Å²) in [6.07, 6.45) is 2.88. The van der Waals surface area contributed by atoms with Crippen LogP contribution in [0.4, 0.5) is 0 Å². The van der Waals surface area contributed by atoms with Crippen molar-refractivity contribution in [2.75, 3.05) is 6.61 Å². The standard InChI is InChI=1S/C15H18N4O/c1-3-5-10-20-13-8-6-12(7-9-13)19-15(4-2)14(11-16)17-18-19/h6-9H,3-5,10H2,1-2H3. The number of aromatic nitrogens is 3. The maximum Gasteiger partial charge on any atom is 0.186 e. The summed E-state index contributed by atoms with van der Waals surface area (Å²) in [5.74, 6) is 0.848. The molecule has 0 saturated carbocycles. The van der Waals surface area contributed by atoms with Gasteiger partial charge in [0.05, 0.1) is 18.0 Å². The van der Waals surface area contributed by atoms with Crippen LogP contribution in [0.2, 0.25) is 0 Å². The first-order valence-electron chi connectivity index (χ1n) is 6.88. The Bertz CT molecular complexity index is 595. The van der Waals surface area contributed by atoms with Gasteiger partial charge >= 0.3 is 0 Å². The number of ether oxygens (including phenoxy) is 1. The predicted octanol–water partition coefficient (Wildman–Crippen LogP) is 2.88. The predicted molar refractivity (Wildman–Crippen MR) is 75.9 cm³/mol. The molecule has 0 aliphatic rings. The first-order chi connectivity index (χ1) is 9.80. The highest BCUT2D eigenvalue weighted by Crippen LogP contribution is 2.17. The fourth-order valence-electron chi connectivity index (χ4n) is 1.93. The second-order valence-corrected chi connectivity index (χ2v) is 4.46. The molecule has 20 heavy (non-hydrogen) atoms. The molecular formula is C15H18N4O. The van der Waals surface area contributed by atoms with Gasteiger partial charge in [-0.1, -0.05) is 25.5 Å². The topological polar surface area (TPSA) is 63.7 Å². The Kier molecular flexibility index (Phi) is 4.72. The molecule has 0 saturated heterocycles. The van der Waals surface area contributed by atoms with Crippen molar-refractivity contribution < 1.29 is 4.74 Å². The SMILES string of the molecule is CCCCOc1ccc(-n2nnc(C#N)c2CC)cc1. The Balaban J connectivity index is 2.18. The van der Waals surface area contributed by atoms with E-state index >= 15 is 0 Å². The van der Waals surface area contributed by atoms with Crippen molar-refractivity contribution in [2.45, 2.75) is 33.1 Å². The van der Waals surface area contributed by atoms with Gasteiger partial charge in [0.25, 0.3) is 0 Å². The van der Waals surface area contributed by atoms with Crippen molar-refractivity contribution in [3.63, 3.8) is 0 Å². The molecule has 0 spiro atoms. The number of nitrogens with zero attached hydrogens (tertiary/aromatic N) is 4. The van der Waals surface area contributed by atoms with E-state index in [9.17, 15) is 0 Å². The number of rotatable bonds is 6. The van der Waals surface area contributed by atoms with Crippen LogP contribution in [0.5, 0.6) is 5.75 Å². The van der Waals surface area contributed by atoms with Crippen LogP contribution in [-0.4, -0.2) is 21.6 Å². The van der Waals surface area contributed by atoms with Crippen LogP contribution in [0.25, 0.3) is 5.69 Å². The maximum absolute atomic E-state index is 8.99. The van der Waals surface area contributed by atoms with E-state index < -0.39 is 0 Å². The van der Waals surface area contributed by atoms with E-state index in [4.69, 9.17) is 10.00 Å². The lowest BCUT2D eigenvalue weighted by molar-refractivity contribution is 0.309. The summed E-state index contributed by atoms with van der Waals surface area (Å²) in [4.78, 5) is 0. The van der Waals surface area contributed by atoms with E-state index in [1.165, 1.54) is 0 Å². The summed E-state index contributed by atoms with van der Waals surface area (Å²) in [7, 11) is 0. The third kappa shape index (κ3) is 2.97. The zero-order valence-electron chi connectivity index (χ0n) is 11.8. The minimum Gasteiger partial charge on any atom is -0.494 e. The fraction of sp³-hybridized carbons (Fsp3) is 0.400. The Morgan fingerprint density at radius 3 is 2.60 bits per heavy atom. The van der Waals surface area contributed by atoms with Gasteiger partial charge in [-0.25, -0.2) is 4.68 Å². The number of hydrogen-bond donors (Lipinski definition) is 0. The van der Waals surface area contributed by atoms with Crippen molar-refractivity contribution in [1.82, 2.24) is 15.0 Å². The second kappa shape index (κ2) is 6.71. The van der Waals surface area contributed by atoms with Crippen molar-refractivity contribution in [3.8, 4) is 17.5 Å². The Morgan fingerprint density at radius 1 is 1.25 bits per heavy atom. The number of hydrogen-bond acceptors (Lipinski definition) is 4. The lowest BCUT2D eigenvalue weighted by atomic mass is 10.2. The Labute approximate surface area is 118 Å². The average molecular weight is 270 g/mol. The molecule has 2 rings (SSSR count). The quantitative estimate of drug-likeness (QED) is 0.757. The van der Waals surface area contributed by atoms with Crippen LogP contribution < -0.4 is 4.74 Å². The highest BCUT2D eigenvalue weighted by Gasteiger charge is 2.11. The lowest BCUT2D eigenvalue weighted by Crippen LogP contribution is -2.02. The highest BCUT2D eigenvalue weighted by atomic mass is 16.5. The number of nitriles is 1. The van der Waals surface area contributed by atoms with Gasteiger partial charge in [0.15, 0.2) is 5.69 Å². The maximum atomic E-state index is 8.99. The molecule has 2 aromatic rings. The largest absolute Gasteiger partial charge is 0.494 e. The molecule has 0 aliphatic carbocycles. The molecule has 1 aromatic carbocycles. The van der Waals surface area contributed by atoms with Gasteiger partial charge in [0.2, 0.25) is 0 Å². The molecule has 0 fully saturated rings. The fourth-order valence-corrected chi connectivity index (χ4v) is 1.93. The van der Waals surface area contributed by atoms with Gasteiger partial charge < -0.3 is 4.74 Å². The van der Waals surface area contributed by atoms with E-state index in [-0.39, 0.29) is 0 Å². The van der Waals surface area contributed by atoms with Gasteiger partial charge in [-0.3, -0.25) is 0 Å². The van der Waals surface area contributed by atoms with Crippen molar-refractivity contribution >= 4 is 0 Å². The monoisotopic (exact) mass is 270 g/mol. The summed E-state index contributed by atoms with van der Waals surface area (Å²) in [5.41, 5.74) is 2.10. The Hall–Kier alpha value is -2.35. The van der Waals surface area contributed by atoms with Crippen molar-refractivity contribution in [2.24, 2.45) is 0 Å². The van der Waals surface area contributed by atoms with Crippen LogP contribution in [0.3, 0.4) is 0 Å². The second-order valence-electron chi connectivity index (χ2n) is 4.46. The van der Waals surface area contributed by atoms with Crippen LogP contribution in [0.15, 0.2) is 24.3 Å². The molecule has 0 atom stereocenters. The van der Waals surface area contributed by atoms with Crippen molar-refractivity contribution in [1.29, 1.82) is 5.26 Å². The third-order valence-corrected chi connectivity index (χ3v) is 3.05. The smallest absolute Gasteiger partial charge is 0.186 e. The summed E-state index contributed by atoms with van der Waals surface area (Å²) in [6, 6.07) is 9.75. The van der Waals surface area contributed by atoms with Crippen molar-refractivity contribution in [3.05, 3.63) is 35.7 Å². The zero-order valence-corrected chi connectivity index (χ0v) is 11.8. The first-order valence-corrected chi connectivity index (χ1v) is 6.88. The van der Waals surface area contributed by atoms with E-state index in [2.05, 4.69) is 23.3 Å². The van der Waals surface area contributed by atoms with Gasteiger partial charge in [0.1, 0.15) is 11.8 Å². The van der Waals surface area contributed by atoms with Gasteiger partial charge in [-0.15, -0.1) is 5.10 Å². The third-order valence-electron chi connectivity index (χ3n) is 3.05. The molecular weight excluding hydrogens is 252 g/mol. The molecule has 0 unspecified atom stereocenters. The molecule has 5 heteroatoms. The highest BCUT2D eigenvalue weighted by molar-refractivity contribution is 5.40. The normalized spacial score (nSPS) is 10.2. The van der Waals surface area contributed by atoms with E-state index in [0.29, 0.717) is 12.1 Å². The molecule has 0 aliphatic heterocycles. The van der Waals surface area contributed by atoms with E-state index in [0.717, 1.165) is 36.6 Å². The minimum absolute atomic E-state index is 0.385. The number of unbranched alkanes of at least 4 members (excludes halogenated alkanes) is 1. The zero-order chi connectivity index (χ0) is 14.4. The molecule has 0 radical (unpaired) electrons. The van der Waals surface area contributed by atoms with Crippen LogP contribution in [0.1, 0.15) is 38.1 Å². The van der Waals surface area contributed by atoms with Gasteiger partial charge in [-0.2, -0.15) is 5.26 Å². The van der Waals surface area contributed by atoms with E-state index in [1.54, 1.807) is 4.68 Å². The van der Waals surface area contributed by atoms with E-state index in [1.807, 2.05) is 31.2 Å². The molecule has 0 N–H and O–H groups in total. The van der Waals surface area contributed by atoms with Gasteiger partial charge in [-0.05, 0) is 37.1 Å². The summed E-state index contributed by atoms with van der Waals surface area (Å²) < 4.78 is 7.33. The Morgan fingerprint density at radius 2 is 2.00 bits per heavy atom. The summed E-state index contributed by atoms with van der Waals surface area (Å²) in [6.45, 7) is 4.85. The average Bonchev–Trinajstić information content (AvgIpc) is 2.91. The molecule has 1 heterocycles. The number of benzene rings is 1. The van der Waals surface area contributed by atoms with Crippen LogP contribution in [0, 0.1) is 11.3 Å². The van der Waals surface area contributed by atoms with Gasteiger partial charge in [0, 0.05) is 0 Å². The minimum atomic E-state index is 0.385. The summed E-state index contributed by atoms with van der Waals surface area (Å²) in [5, 5.41) is 16.9. The molecule has 0 amide bonds. The molecule has 0 bridgehead atoms. The first kappa shape index (κ1) is 14.1.